The molecule has 1 fully saturated rings. The average molecular weight is 459 g/mol. The number of rotatable bonds is 8. The molecule has 1 N–H and O–H groups in total. The summed E-state index contributed by atoms with van der Waals surface area (Å²) in [5.41, 5.74) is 3.02. The highest BCUT2D eigenvalue weighted by Gasteiger charge is 2.23. The Morgan fingerprint density at radius 2 is 1.76 bits per heavy atom. The van der Waals surface area contributed by atoms with E-state index in [0.29, 0.717) is 17.8 Å². The number of nitrogens with zero attached hydrogens (tertiary/aromatic N) is 3. The van der Waals surface area contributed by atoms with Crippen molar-refractivity contribution in [2.24, 2.45) is 0 Å². The Hall–Kier alpha value is -3.87. The molecule has 1 aromatic heterocycles. The van der Waals surface area contributed by atoms with Crippen LogP contribution in [0, 0.1) is 6.92 Å². The molecule has 0 atom stereocenters. The first-order valence-corrected chi connectivity index (χ1v) is 11.5. The second-order valence-electron chi connectivity index (χ2n) is 8.40. The monoisotopic (exact) mass is 458 g/mol. The van der Waals surface area contributed by atoms with Gasteiger partial charge in [0, 0.05) is 31.5 Å². The van der Waals surface area contributed by atoms with Gasteiger partial charge in [-0.3, -0.25) is 14.5 Å². The van der Waals surface area contributed by atoms with Crippen LogP contribution in [-0.4, -0.2) is 43.5 Å². The van der Waals surface area contributed by atoms with Crippen molar-refractivity contribution in [1.82, 2.24) is 10.3 Å². The Labute approximate surface area is 200 Å². The first-order chi connectivity index (χ1) is 16.5. The molecule has 0 saturated carbocycles. The molecule has 4 rings (SSSR count). The van der Waals surface area contributed by atoms with Crippen molar-refractivity contribution >= 4 is 23.3 Å². The minimum atomic E-state index is -0.255. The van der Waals surface area contributed by atoms with Gasteiger partial charge in [0.2, 0.25) is 5.91 Å². The number of anilines is 2. The van der Waals surface area contributed by atoms with Crippen LogP contribution in [0.3, 0.4) is 0 Å². The van der Waals surface area contributed by atoms with E-state index in [4.69, 9.17) is 4.74 Å². The van der Waals surface area contributed by atoms with Crippen LogP contribution >= 0.6 is 0 Å². The predicted octanol–water partition coefficient (Wildman–Crippen LogP) is 3.96. The Morgan fingerprint density at radius 1 is 1.03 bits per heavy atom. The van der Waals surface area contributed by atoms with E-state index in [-0.39, 0.29) is 18.4 Å². The molecule has 0 radical (unpaired) electrons. The summed E-state index contributed by atoms with van der Waals surface area (Å²) in [6.07, 6.45) is 3.93. The van der Waals surface area contributed by atoms with Gasteiger partial charge in [-0.15, -0.1) is 0 Å². The zero-order valence-corrected chi connectivity index (χ0v) is 19.7. The number of pyridine rings is 1. The molecule has 7 heteroatoms. The smallest absolute Gasteiger partial charge is 0.260 e. The second kappa shape index (κ2) is 10.8. The zero-order chi connectivity index (χ0) is 23.9. The maximum atomic E-state index is 13.5. The van der Waals surface area contributed by atoms with Crippen LogP contribution in [0.2, 0.25) is 0 Å². The summed E-state index contributed by atoms with van der Waals surface area (Å²) < 4.78 is 5.17. The molecule has 0 unspecified atom stereocenters. The molecular weight excluding hydrogens is 428 g/mol. The Morgan fingerprint density at radius 3 is 2.41 bits per heavy atom. The number of aryl methyl sites for hydroxylation is 1. The van der Waals surface area contributed by atoms with Gasteiger partial charge in [0.1, 0.15) is 18.1 Å². The van der Waals surface area contributed by atoms with Gasteiger partial charge in [0.15, 0.2) is 0 Å². The van der Waals surface area contributed by atoms with Gasteiger partial charge >= 0.3 is 0 Å². The molecular formula is C27H30N4O3. The van der Waals surface area contributed by atoms with Gasteiger partial charge in [0.05, 0.1) is 12.7 Å². The number of amides is 2. The SMILES string of the molecule is COc1ccc(CNC(=O)CN(C(=O)c2ccc(N3CCCC3)nc2)c2ccccc2C)cc1. The standard InChI is InChI=1S/C27H30N4O3/c1-20-7-3-4-8-24(20)31(19-26(32)29-17-21-9-12-23(34-2)13-10-21)27(33)22-11-14-25(28-18-22)30-15-5-6-16-30/h3-4,7-14,18H,5-6,15-17,19H2,1-2H3,(H,29,32). The van der Waals surface area contributed by atoms with Gasteiger partial charge in [-0.1, -0.05) is 30.3 Å². The highest BCUT2D eigenvalue weighted by molar-refractivity contribution is 6.09. The zero-order valence-electron chi connectivity index (χ0n) is 19.7. The van der Waals surface area contributed by atoms with Crippen LogP contribution < -0.4 is 19.9 Å². The predicted molar refractivity (Wildman–Crippen MR) is 133 cm³/mol. The van der Waals surface area contributed by atoms with E-state index in [1.807, 2.05) is 61.5 Å². The number of ether oxygens (including phenoxy) is 1. The maximum absolute atomic E-state index is 13.5. The summed E-state index contributed by atoms with van der Waals surface area (Å²) in [5.74, 6) is 1.15. The van der Waals surface area contributed by atoms with E-state index in [1.165, 1.54) is 4.90 Å². The summed E-state index contributed by atoms with van der Waals surface area (Å²) in [6, 6.07) is 18.8. The minimum absolute atomic E-state index is 0.0896. The largest absolute Gasteiger partial charge is 0.497 e. The molecule has 0 aliphatic carbocycles. The van der Waals surface area contributed by atoms with Crippen LogP contribution in [0.1, 0.15) is 34.3 Å². The fourth-order valence-corrected chi connectivity index (χ4v) is 4.08. The third kappa shape index (κ3) is 5.54. The molecule has 34 heavy (non-hydrogen) atoms. The van der Waals surface area contributed by atoms with Crippen LogP contribution in [0.25, 0.3) is 0 Å². The summed E-state index contributed by atoms with van der Waals surface area (Å²) in [7, 11) is 1.61. The third-order valence-corrected chi connectivity index (χ3v) is 6.03. The van der Waals surface area contributed by atoms with Gasteiger partial charge in [0.25, 0.3) is 5.91 Å². The van der Waals surface area contributed by atoms with Crippen molar-refractivity contribution in [2.45, 2.75) is 26.3 Å². The van der Waals surface area contributed by atoms with Crippen molar-refractivity contribution in [2.75, 3.05) is 36.5 Å². The fraction of sp³-hybridized carbons (Fsp3) is 0.296. The lowest BCUT2D eigenvalue weighted by Crippen LogP contribution is -2.41. The number of nitrogens with one attached hydrogen (secondary N) is 1. The van der Waals surface area contributed by atoms with E-state index < -0.39 is 0 Å². The third-order valence-electron chi connectivity index (χ3n) is 6.03. The van der Waals surface area contributed by atoms with E-state index in [2.05, 4.69) is 15.2 Å². The van der Waals surface area contributed by atoms with Crippen LogP contribution in [0.5, 0.6) is 5.75 Å². The van der Waals surface area contributed by atoms with Crippen LogP contribution in [0.15, 0.2) is 66.9 Å². The number of para-hydroxylation sites is 1. The minimum Gasteiger partial charge on any atom is -0.497 e. The molecule has 7 nitrogen and oxygen atoms in total. The van der Waals surface area contributed by atoms with Gasteiger partial charge in [-0.25, -0.2) is 4.98 Å². The quantitative estimate of drug-likeness (QED) is 0.553. The summed E-state index contributed by atoms with van der Waals surface area (Å²) in [5, 5.41) is 2.91. The van der Waals surface area contributed by atoms with E-state index in [1.54, 1.807) is 19.4 Å². The molecule has 3 aromatic rings. The summed E-state index contributed by atoms with van der Waals surface area (Å²) >= 11 is 0. The number of hydrogen-bond donors (Lipinski definition) is 1. The number of carbonyl (C=O) groups is 2. The first-order valence-electron chi connectivity index (χ1n) is 11.5. The number of aromatic nitrogens is 1. The lowest BCUT2D eigenvalue weighted by atomic mass is 10.1. The van der Waals surface area contributed by atoms with E-state index in [0.717, 1.165) is 48.6 Å². The normalized spacial score (nSPS) is 12.9. The summed E-state index contributed by atoms with van der Waals surface area (Å²) in [6.45, 7) is 4.19. The van der Waals surface area contributed by atoms with Crippen LogP contribution in [0.4, 0.5) is 11.5 Å². The van der Waals surface area contributed by atoms with Gasteiger partial charge in [-0.2, -0.15) is 0 Å². The van der Waals surface area contributed by atoms with Crippen molar-refractivity contribution in [1.29, 1.82) is 0 Å². The van der Waals surface area contributed by atoms with Gasteiger partial charge in [-0.05, 0) is 61.2 Å². The Balaban J connectivity index is 1.49. The lowest BCUT2D eigenvalue weighted by molar-refractivity contribution is -0.119. The van der Waals surface area contributed by atoms with Gasteiger partial charge < -0.3 is 15.0 Å². The number of carbonyl (C=O) groups excluding carboxylic acids is 2. The molecule has 2 heterocycles. The topological polar surface area (TPSA) is 74.8 Å². The van der Waals surface area contributed by atoms with E-state index >= 15 is 0 Å². The van der Waals surface area contributed by atoms with Crippen molar-refractivity contribution < 1.29 is 14.3 Å². The Kier molecular flexibility index (Phi) is 7.42. The number of hydrogen-bond acceptors (Lipinski definition) is 5. The average Bonchev–Trinajstić information content (AvgIpc) is 3.42. The molecule has 0 spiro atoms. The second-order valence-corrected chi connectivity index (χ2v) is 8.40. The number of methoxy groups -OCH3 is 1. The van der Waals surface area contributed by atoms with Crippen molar-refractivity contribution in [3.63, 3.8) is 0 Å². The molecule has 1 saturated heterocycles. The highest BCUT2D eigenvalue weighted by Crippen LogP contribution is 2.23. The summed E-state index contributed by atoms with van der Waals surface area (Å²) in [4.78, 5) is 34.6. The Bertz CT molecular complexity index is 1120. The first kappa shape index (κ1) is 23.3. The van der Waals surface area contributed by atoms with E-state index in [9.17, 15) is 9.59 Å². The maximum Gasteiger partial charge on any atom is 0.260 e. The lowest BCUT2D eigenvalue weighted by Gasteiger charge is -2.24. The molecule has 1 aliphatic heterocycles. The van der Waals surface area contributed by atoms with Crippen molar-refractivity contribution in [3.05, 3.63) is 83.6 Å². The molecule has 176 valence electrons. The molecule has 2 aromatic carbocycles. The molecule has 1 aliphatic rings. The van der Waals surface area contributed by atoms with Crippen LogP contribution in [-0.2, 0) is 11.3 Å². The fourth-order valence-electron chi connectivity index (χ4n) is 4.08. The highest BCUT2D eigenvalue weighted by atomic mass is 16.5. The molecule has 0 bridgehead atoms. The molecule has 2 amide bonds. The van der Waals surface area contributed by atoms with Crippen molar-refractivity contribution in [3.8, 4) is 5.75 Å². The number of benzene rings is 2.